The Morgan fingerprint density at radius 1 is 1.42 bits per heavy atom. The Morgan fingerprint density at radius 2 is 2.29 bits per heavy atom. The summed E-state index contributed by atoms with van der Waals surface area (Å²) in [6, 6.07) is 7.24. The number of piperidine rings is 1. The lowest BCUT2D eigenvalue weighted by atomic mass is 10.1. The van der Waals surface area contributed by atoms with Crippen LogP contribution in [0.3, 0.4) is 0 Å². The number of methoxy groups -OCH3 is 1. The number of aryl methyl sites for hydroxylation is 1. The van der Waals surface area contributed by atoms with Crippen LogP contribution >= 0.6 is 0 Å². The zero-order valence-corrected chi connectivity index (χ0v) is 14.0. The van der Waals surface area contributed by atoms with Crippen LogP contribution < -0.4 is 20.3 Å². The van der Waals surface area contributed by atoms with Crippen LogP contribution in [-0.4, -0.2) is 42.1 Å². The van der Waals surface area contributed by atoms with E-state index in [1.807, 2.05) is 37.6 Å². The maximum absolute atomic E-state index is 12.2. The van der Waals surface area contributed by atoms with E-state index in [0.29, 0.717) is 11.4 Å². The molecule has 0 saturated carbocycles. The zero-order valence-electron chi connectivity index (χ0n) is 14.0. The molecule has 0 bridgehead atoms. The number of hydrogen-bond acceptors (Lipinski definition) is 4. The van der Waals surface area contributed by atoms with E-state index >= 15 is 0 Å². The molecule has 3 rings (SSSR count). The Morgan fingerprint density at radius 3 is 3.04 bits per heavy atom. The Labute approximate surface area is 141 Å². The fraction of sp³-hybridized carbons (Fsp3) is 0.412. The summed E-state index contributed by atoms with van der Waals surface area (Å²) in [5.74, 6) is 0.716. The lowest BCUT2D eigenvalue weighted by Crippen LogP contribution is -2.48. The molecule has 0 aliphatic carbocycles. The molecule has 0 spiro atoms. The Kier molecular flexibility index (Phi) is 4.88. The maximum atomic E-state index is 12.2. The Balaban J connectivity index is 1.55. The van der Waals surface area contributed by atoms with Gasteiger partial charge in [-0.05, 0) is 25.0 Å². The largest absolute Gasteiger partial charge is 0.497 e. The third-order valence-electron chi connectivity index (χ3n) is 4.14. The second-order valence-electron chi connectivity index (χ2n) is 5.99. The highest BCUT2D eigenvalue weighted by Gasteiger charge is 2.22. The van der Waals surface area contributed by atoms with Gasteiger partial charge < -0.3 is 20.3 Å². The predicted octanol–water partition coefficient (Wildman–Crippen LogP) is 2.22. The molecule has 7 nitrogen and oxygen atoms in total. The van der Waals surface area contributed by atoms with Crippen LogP contribution in [0.4, 0.5) is 16.2 Å². The number of aromatic nitrogens is 2. The van der Waals surface area contributed by atoms with Crippen molar-refractivity contribution in [2.24, 2.45) is 7.05 Å². The number of anilines is 2. The molecule has 0 unspecified atom stereocenters. The van der Waals surface area contributed by atoms with Gasteiger partial charge in [-0.3, -0.25) is 4.68 Å². The van der Waals surface area contributed by atoms with Crippen LogP contribution in [0, 0.1) is 0 Å². The quantitative estimate of drug-likeness (QED) is 0.902. The Bertz CT molecular complexity index is 700. The molecule has 1 aromatic heterocycles. The molecule has 1 fully saturated rings. The standard InChI is InChI=1S/C17H23N5O2/c1-21-12-15(10-18-21)22-8-4-6-14(11-22)20-17(23)19-13-5-3-7-16(9-13)24-2/h3,5,7,9-10,12,14H,4,6,8,11H2,1-2H3,(H2,19,20,23)/t14-/m1/s1. The summed E-state index contributed by atoms with van der Waals surface area (Å²) in [6.45, 7) is 1.78. The second kappa shape index (κ2) is 7.25. The van der Waals surface area contributed by atoms with Crippen molar-refractivity contribution in [3.8, 4) is 5.75 Å². The lowest BCUT2D eigenvalue weighted by Gasteiger charge is -2.33. The van der Waals surface area contributed by atoms with Gasteiger partial charge in [0.15, 0.2) is 0 Å². The first kappa shape index (κ1) is 16.2. The molecule has 0 radical (unpaired) electrons. The number of carbonyl (C=O) groups excluding carboxylic acids is 1. The molecular formula is C17H23N5O2. The van der Waals surface area contributed by atoms with E-state index in [4.69, 9.17) is 4.74 Å². The second-order valence-corrected chi connectivity index (χ2v) is 5.99. The molecule has 1 atom stereocenters. The summed E-state index contributed by atoms with van der Waals surface area (Å²) in [6.07, 6.45) is 5.87. The normalized spacial score (nSPS) is 17.4. The number of urea groups is 1. The van der Waals surface area contributed by atoms with Crippen molar-refractivity contribution in [2.75, 3.05) is 30.4 Å². The third kappa shape index (κ3) is 3.98. The van der Waals surface area contributed by atoms with Gasteiger partial charge >= 0.3 is 6.03 Å². The third-order valence-corrected chi connectivity index (χ3v) is 4.14. The average molecular weight is 329 g/mol. The molecule has 2 aromatic rings. The van der Waals surface area contributed by atoms with E-state index in [1.165, 1.54) is 0 Å². The van der Waals surface area contributed by atoms with Crippen molar-refractivity contribution >= 4 is 17.4 Å². The van der Waals surface area contributed by atoms with Crippen molar-refractivity contribution in [2.45, 2.75) is 18.9 Å². The van der Waals surface area contributed by atoms with Gasteiger partial charge in [-0.1, -0.05) is 6.07 Å². The first-order chi connectivity index (χ1) is 11.6. The van der Waals surface area contributed by atoms with Gasteiger partial charge in [-0.15, -0.1) is 0 Å². The zero-order chi connectivity index (χ0) is 16.9. The first-order valence-corrected chi connectivity index (χ1v) is 8.09. The van der Waals surface area contributed by atoms with E-state index in [0.717, 1.165) is 31.6 Å². The van der Waals surface area contributed by atoms with Gasteiger partial charge in [0.2, 0.25) is 0 Å². The lowest BCUT2D eigenvalue weighted by molar-refractivity contribution is 0.246. The number of nitrogens with one attached hydrogen (secondary N) is 2. The molecule has 7 heteroatoms. The average Bonchev–Trinajstić information content (AvgIpc) is 3.02. The summed E-state index contributed by atoms with van der Waals surface area (Å²) in [7, 11) is 3.51. The summed E-state index contributed by atoms with van der Waals surface area (Å²) >= 11 is 0. The topological polar surface area (TPSA) is 71.4 Å². The van der Waals surface area contributed by atoms with E-state index in [2.05, 4.69) is 20.6 Å². The van der Waals surface area contributed by atoms with Gasteiger partial charge in [0.25, 0.3) is 0 Å². The minimum atomic E-state index is -0.193. The van der Waals surface area contributed by atoms with Crippen LogP contribution in [0.15, 0.2) is 36.7 Å². The van der Waals surface area contributed by atoms with Crippen molar-refractivity contribution in [1.29, 1.82) is 0 Å². The molecule has 24 heavy (non-hydrogen) atoms. The number of hydrogen-bond donors (Lipinski definition) is 2. The number of rotatable bonds is 4. The van der Waals surface area contributed by atoms with Gasteiger partial charge in [-0.25, -0.2) is 4.79 Å². The number of ether oxygens (including phenoxy) is 1. The fourth-order valence-corrected chi connectivity index (χ4v) is 2.95. The van der Waals surface area contributed by atoms with E-state index < -0.39 is 0 Å². The highest BCUT2D eigenvalue weighted by atomic mass is 16.5. The highest BCUT2D eigenvalue weighted by Crippen LogP contribution is 2.20. The van der Waals surface area contributed by atoms with Crippen LogP contribution in [0.25, 0.3) is 0 Å². The molecule has 2 N–H and O–H groups in total. The number of benzene rings is 1. The molecule has 1 aliphatic heterocycles. The first-order valence-electron chi connectivity index (χ1n) is 8.09. The van der Waals surface area contributed by atoms with Gasteiger partial charge in [0, 0.05) is 44.1 Å². The van der Waals surface area contributed by atoms with Crippen LogP contribution in [0.2, 0.25) is 0 Å². The molecule has 1 saturated heterocycles. The van der Waals surface area contributed by atoms with Crippen LogP contribution in [0.5, 0.6) is 5.75 Å². The molecule has 1 aromatic carbocycles. The molecule has 2 heterocycles. The Hall–Kier alpha value is -2.70. The van der Waals surface area contributed by atoms with Crippen LogP contribution in [-0.2, 0) is 7.05 Å². The van der Waals surface area contributed by atoms with Crippen molar-refractivity contribution in [3.05, 3.63) is 36.7 Å². The molecule has 2 amide bonds. The van der Waals surface area contributed by atoms with Gasteiger partial charge in [-0.2, -0.15) is 5.10 Å². The van der Waals surface area contributed by atoms with Crippen molar-refractivity contribution < 1.29 is 9.53 Å². The number of amides is 2. The monoisotopic (exact) mass is 329 g/mol. The maximum Gasteiger partial charge on any atom is 0.319 e. The molecule has 1 aliphatic rings. The molecular weight excluding hydrogens is 306 g/mol. The van der Waals surface area contributed by atoms with Crippen molar-refractivity contribution in [3.63, 3.8) is 0 Å². The van der Waals surface area contributed by atoms with E-state index in [9.17, 15) is 4.79 Å². The summed E-state index contributed by atoms with van der Waals surface area (Å²) < 4.78 is 6.96. The van der Waals surface area contributed by atoms with Gasteiger partial charge in [0.1, 0.15) is 5.75 Å². The van der Waals surface area contributed by atoms with Gasteiger partial charge in [0.05, 0.1) is 19.0 Å². The minimum absolute atomic E-state index is 0.115. The van der Waals surface area contributed by atoms with Crippen LogP contribution in [0.1, 0.15) is 12.8 Å². The summed E-state index contributed by atoms with van der Waals surface area (Å²) in [5.41, 5.74) is 1.81. The molecule has 128 valence electrons. The summed E-state index contributed by atoms with van der Waals surface area (Å²) in [4.78, 5) is 14.5. The predicted molar refractivity (Wildman–Crippen MR) is 93.6 cm³/mol. The minimum Gasteiger partial charge on any atom is -0.497 e. The fourth-order valence-electron chi connectivity index (χ4n) is 2.95. The van der Waals surface area contributed by atoms with Crippen molar-refractivity contribution in [1.82, 2.24) is 15.1 Å². The highest BCUT2D eigenvalue weighted by molar-refractivity contribution is 5.89. The SMILES string of the molecule is COc1cccc(NC(=O)N[C@@H]2CCCN(c3cnn(C)c3)C2)c1. The van der Waals surface area contributed by atoms with E-state index in [-0.39, 0.29) is 12.1 Å². The summed E-state index contributed by atoms with van der Waals surface area (Å²) in [5, 5.41) is 10.1. The smallest absolute Gasteiger partial charge is 0.319 e. The number of nitrogens with zero attached hydrogens (tertiary/aromatic N) is 3. The number of carbonyl (C=O) groups is 1. The van der Waals surface area contributed by atoms with E-state index in [1.54, 1.807) is 17.9 Å².